The van der Waals surface area contributed by atoms with Gasteiger partial charge in [-0.2, -0.15) is 0 Å². The summed E-state index contributed by atoms with van der Waals surface area (Å²) in [6, 6.07) is 9.87. The van der Waals surface area contributed by atoms with E-state index in [1.165, 1.54) is 23.6 Å². The molecule has 110 valence electrons. The molecular weight excluding hydrogens is 268 g/mol. The van der Waals surface area contributed by atoms with Crippen molar-refractivity contribution < 1.29 is 19.7 Å². The van der Waals surface area contributed by atoms with Gasteiger partial charge < -0.3 is 14.9 Å². The number of hydrogen-bond donors (Lipinski definition) is 2. The lowest BCUT2D eigenvalue weighted by Crippen LogP contribution is -2.22. The van der Waals surface area contributed by atoms with Crippen LogP contribution in [-0.4, -0.2) is 29.4 Å². The molecule has 21 heavy (non-hydrogen) atoms. The van der Waals surface area contributed by atoms with E-state index in [1.807, 2.05) is 24.3 Å². The molecular formula is C17H18O4. The predicted molar refractivity (Wildman–Crippen MR) is 79.0 cm³/mol. The highest BCUT2D eigenvalue weighted by Gasteiger charge is 2.25. The normalized spacial score (nSPS) is 16.0. The molecule has 1 aliphatic rings. The molecule has 2 atom stereocenters. The molecule has 2 aromatic carbocycles. The van der Waals surface area contributed by atoms with E-state index in [0.717, 1.165) is 18.2 Å². The molecule has 4 heteroatoms. The Labute approximate surface area is 123 Å². The fraction of sp³-hybridized carbons (Fsp3) is 0.353. The van der Waals surface area contributed by atoms with Crippen molar-refractivity contribution in [3.05, 3.63) is 47.0 Å². The Balaban J connectivity index is 2.00. The largest absolute Gasteiger partial charge is 0.469 e. The van der Waals surface area contributed by atoms with Gasteiger partial charge in [0, 0.05) is 0 Å². The van der Waals surface area contributed by atoms with Crippen molar-refractivity contribution in [2.75, 3.05) is 7.11 Å². The minimum Gasteiger partial charge on any atom is -0.469 e. The maximum Gasteiger partial charge on any atom is 0.308 e. The summed E-state index contributed by atoms with van der Waals surface area (Å²) in [6.45, 7) is 0. The van der Waals surface area contributed by atoms with E-state index in [2.05, 4.69) is 10.8 Å². The van der Waals surface area contributed by atoms with E-state index < -0.39 is 18.2 Å². The summed E-state index contributed by atoms with van der Waals surface area (Å²) in [4.78, 5) is 11.2. The smallest absolute Gasteiger partial charge is 0.308 e. The molecule has 0 amide bonds. The number of hydrogen-bond acceptors (Lipinski definition) is 4. The van der Waals surface area contributed by atoms with Gasteiger partial charge in [0.15, 0.2) is 0 Å². The van der Waals surface area contributed by atoms with Gasteiger partial charge in [-0.25, -0.2) is 0 Å². The zero-order valence-corrected chi connectivity index (χ0v) is 11.9. The number of methoxy groups -OCH3 is 1. The van der Waals surface area contributed by atoms with E-state index in [4.69, 9.17) is 0 Å². The van der Waals surface area contributed by atoms with E-state index in [9.17, 15) is 15.0 Å². The van der Waals surface area contributed by atoms with Crippen molar-refractivity contribution in [2.45, 2.75) is 31.5 Å². The van der Waals surface area contributed by atoms with Gasteiger partial charge in [-0.15, -0.1) is 0 Å². The van der Waals surface area contributed by atoms with Crippen LogP contribution in [0.1, 0.15) is 29.2 Å². The summed E-state index contributed by atoms with van der Waals surface area (Å²) in [5, 5.41) is 22.5. The molecule has 2 N–H and O–H groups in total. The molecule has 0 spiro atoms. The van der Waals surface area contributed by atoms with Crippen LogP contribution < -0.4 is 0 Å². The minimum atomic E-state index is -1.17. The summed E-state index contributed by atoms with van der Waals surface area (Å²) < 4.78 is 4.53. The summed E-state index contributed by atoms with van der Waals surface area (Å²) >= 11 is 0. The molecule has 0 aliphatic heterocycles. The van der Waals surface area contributed by atoms with E-state index >= 15 is 0 Å². The average molecular weight is 286 g/mol. The number of benzene rings is 2. The van der Waals surface area contributed by atoms with Crippen LogP contribution in [0.3, 0.4) is 0 Å². The quantitative estimate of drug-likeness (QED) is 0.842. The van der Waals surface area contributed by atoms with E-state index in [1.54, 1.807) is 0 Å². The second-order valence-electron chi connectivity index (χ2n) is 5.45. The molecule has 2 unspecified atom stereocenters. The summed E-state index contributed by atoms with van der Waals surface area (Å²) in [6.07, 6.45) is -0.473. The Bertz CT molecular complexity index is 682. The summed E-state index contributed by atoms with van der Waals surface area (Å²) in [7, 11) is 1.26. The van der Waals surface area contributed by atoms with Gasteiger partial charge in [-0.1, -0.05) is 30.3 Å². The number of esters is 1. The molecule has 0 saturated carbocycles. The number of carbonyl (C=O) groups excluding carboxylic acids is 1. The van der Waals surface area contributed by atoms with Crippen LogP contribution in [0.25, 0.3) is 10.8 Å². The van der Waals surface area contributed by atoms with Crippen LogP contribution in [-0.2, 0) is 22.4 Å². The Morgan fingerprint density at radius 2 is 1.90 bits per heavy atom. The summed E-state index contributed by atoms with van der Waals surface area (Å²) in [5.74, 6) is -0.535. The van der Waals surface area contributed by atoms with Gasteiger partial charge in [0.2, 0.25) is 0 Å². The molecule has 0 radical (unpaired) electrons. The molecule has 3 rings (SSSR count). The van der Waals surface area contributed by atoms with Crippen molar-refractivity contribution >= 4 is 16.7 Å². The number of ether oxygens (including phenoxy) is 1. The molecule has 0 heterocycles. The Morgan fingerprint density at radius 3 is 2.62 bits per heavy atom. The van der Waals surface area contributed by atoms with Crippen molar-refractivity contribution in [3.63, 3.8) is 0 Å². The first-order chi connectivity index (χ1) is 10.1. The lowest BCUT2D eigenvalue weighted by molar-refractivity contribution is -0.144. The maximum absolute atomic E-state index is 11.2. The van der Waals surface area contributed by atoms with Crippen molar-refractivity contribution in [3.8, 4) is 0 Å². The zero-order valence-electron chi connectivity index (χ0n) is 11.9. The topological polar surface area (TPSA) is 66.8 Å². The van der Waals surface area contributed by atoms with Crippen molar-refractivity contribution in [1.82, 2.24) is 0 Å². The van der Waals surface area contributed by atoms with Gasteiger partial charge in [-0.05, 0) is 40.3 Å². The molecule has 0 fully saturated rings. The molecule has 0 saturated heterocycles. The average Bonchev–Trinajstić information content (AvgIpc) is 2.92. The van der Waals surface area contributed by atoms with E-state index in [0.29, 0.717) is 5.56 Å². The zero-order chi connectivity index (χ0) is 15.0. The first kappa shape index (κ1) is 14.0. The van der Waals surface area contributed by atoms with Gasteiger partial charge in [-0.3, -0.25) is 4.79 Å². The third kappa shape index (κ3) is 2.41. The van der Waals surface area contributed by atoms with Crippen LogP contribution in [0, 0.1) is 0 Å². The third-order valence-electron chi connectivity index (χ3n) is 4.20. The standard InChI is InChI=1S/C17H18O4/c1-21-15(19)9-14(18)17(20)13-8-7-11-6-5-10-3-2-4-12(13)16(10)11/h2-4,7-8,14,17-18,20H,5-6,9H2,1H3. The number of aliphatic hydroxyl groups is 2. The summed E-state index contributed by atoms with van der Waals surface area (Å²) in [5.41, 5.74) is 3.21. The van der Waals surface area contributed by atoms with Crippen LogP contribution >= 0.6 is 0 Å². The van der Waals surface area contributed by atoms with Crippen molar-refractivity contribution in [2.24, 2.45) is 0 Å². The van der Waals surface area contributed by atoms with Crippen LogP contribution in [0.5, 0.6) is 0 Å². The van der Waals surface area contributed by atoms with E-state index in [-0.39, 0.29) is 6.42 Å². The third-order valence-corrected chi connectivity index (χ3v) is 4.20. The fourth-order valence-corrected chi connectivity index (χ4v) is 3.10. The second kappa shape index (κ2) is 5.47. The highest BCUT2D eigenvalue weighted by atomic mass is 16.5. The molecule has 1 aliphatic carbocycles. The van der Waals surface area contributed by atoms with Gasteiger partial charge in [0.05, 0.1) is 19.6 Å². The second-order valence-corrected chi connectivity index (χ2v) is 5.45. The van der Waals surface area contributed by atoms with Gasteiger partial charge in [0.1, 0.15) is 6.10 Å². The SMILES string of the molecule is COC(=O)CC(O)C(O)c1ccc2c3c(cccc13)CC2. The lowest BCUT2D eigenvalue weighted by Gasteiger charge is -2.19. The Kier molecular flexibility index (Phi) is 3.66. The van der Waals surface area contributed by atoms with Gasteiger partial charge >= 0.3 is 5.97 Å². The molecule has 2 aromatic rings. The van der Waals surface area contributed by atoms with Crippen LogP contribution in [0.2, 0.25) is 0 Å². The van der Waals surface area contributed by atoms with Crippen LogP contribution in [0.4, 0.5) is 0 Å². The predicted octanol–water partition coefficient (Wildman–Crippen LogP) is 1.90. The maximum atomic E-state index is 11.2. The number of rotatable bonds is 4. The number of carbonyl (C=O) groups is 1. The molecule has 0 aromatic heterocycles. The van der Waals surface area contributed by atoms with Crippen molar-refractivity contribution in [1.29, 1.82) is 0 Å². The minimum absolute atomic E-state index is 0.222. The Morgan fingerprint density at radius 1 is 1.19 bits per heavy atom. The Hall–Kier alpha value is -1.91. The fourth-order valence-electron chi connectivity index (χ4n) is 3.10. The number of aliphatic hydroxyl groups excluding tert-OH is 2. The monoisotopic (exact) mass is 286 g/mol. The van der Waals surface area contributed by atoms with Crippen LogP contribution in [0.15, 0.2) is 30.3 Å². The molecule has 4 nitrogen and oxygen atoms in total. The first-order valence-corrected chi connectivity index (χ1v) is 7.08. The highest BCUT2D eigenvalue weighted by Crippen LogP contribution is 2.35. The lowest BCUT2D eigenvalue weighted by atomic mass is 9.94. The first-order valence-electron chi connectivity index (χ1n) is 7.08. The van der Waals surface area contributed by atoms with Gasteiger partial charge in [0.25, 0.3) is 0 Å². The highest BCUT2D eigenvalue weighted by molar-refractivity contribution is 5.93. The number of aryl methyl sites for hydroxylation is 2. The molecule has 0 bridgehead atoms.